The summed E-state index contributed by atoms with van der Waals surface area (Å²) in [5.74, 6) is -0.254. The lowest BCUT2D eigenvalue weighted by Gasteiger charge is -2.39. The summed E-state index contributed by atoms with van der Waals surface area (Å²) in [7, 11) is -3.59. The second kappa shape index (κ2) is 11.9. The van der Waals surface area contributed by atoms with Crippen LogP contribution < -0.4 is 15.9 Å². The van der Waals surface area contributed by atoms with Crippen LogP contribution in [0.5, 0.6) is 0 Å². The van der Waals surface area contributed by atoms with E-state index in [1.165, 1.54) is 0 Å². The van der Waals surface area contributed by atoms with E-state index in [1.54, 1.807) is 30.3 Å². The van der Waals surface area contributed by atoms with Crippen molar-refractivity contribution in [3.8, 4) is 0 Å². The normalized spacial score (nSPS) is 13.3. The maximum atomic E-state index is 15.9. The summed E-state index contributed by atoms with van der Waals surface area (Å²) in [5.41, 5.74) is 1.14. The third-order valence-electron chi connectivity index (χ3n) is 7.01. The highest BCUT2D eigenvalue weighted by Crippen LogP contribution is 2.59. The van der Waals surface area contributed by atoms with E-state index >= 15 is 4.57 Å². The predicted octanol–water partition coefficient (Wildman–Crippen LogP) is 8.45. The van der Waals surface area contributed by atoms with Crippen LogP contribution in [0.3, 0.4) is 0 Å². The Morgan fingerprint density at radius 1 is 0.675 bits per heavy atom. The number of allylic oxidation sites excluding steroid dienone is 1. The Morgan fingerprint density at radius 2 is 1.12 bits per heavy atom. The number of anilines is 1. The van der Waals surface area contributed by atoms with Crippen molar-refractivity contribution in [1.82, 2.24) is 0 Å². The molecule has 0 saturated heterocycles. The number of nitrogens with one attached hydrogen (secondary N) is 1. The summed E-state index contributed by atoms with van der Waals surface area (Å²) in [6, 6.07) is 45.2. The van der Waals surface area contributed by atoms with Crippen molar-refractivity contribution in [3.05, 3.63) is 173 Å². The van der Waals surface area contributed by atoms with E-state index in [4.69, 9.17) is 11.6 Å². The van der Waals surface area contributed by atoms with E-state index in [2.05, 4.69) is 5.32 Å². The van der Waals surface area contributed by atoms with Crippen LogP contribution in [0.15, 0.2) is 157 Å². The molecule has 5 heteroatoms. The molecule has 0 aliphatic rings. The first-order valence-corrected chi connectivity index (χ1v) is 15.1. The second-order valence-corrected chi connectivity index (χ2v) is 12.8. The van der Waals surface area contributed by atoms with Gasteiger partial charge in [-0.1, -0.05) is 121 Å². The van der Waals surface area contributed by atoms with E-state index in [1.807, 2.05) is 128 Å². The molecule has 40 heavy (non-hydrogen) atoms. The van der Waals surface area contributed by atoms with E-state index in [9.17, 15) is 4.79 Å². The van der Waals surface area contributed by atoms with Crippen LogP contribution in [-0.2, 0) is 10.1 Å². The van der Waals surface area contributed by atoms with Crippen LogP contribution in [0.4, 0.5) is 5.69 Å². The molecule has 198 valence electrons. The highest BCUT2D eigenvalue weighted by atomic mass is 35.5. The molecule has 0 heterocycles. The minimum absolute atomic E-state index is 0.254. The summed E-state index contributed by atoms with van der Waals surface area (Å²) in [5, 5.41) is 5.98. The summed E-state index contributed by atoms with van der Waals surface area (Å²) in [6.45, 7) is 1.99. The molecule has 0 fully saturated rings. The standard InChI is InChI=1S/C35H29ClNO2P/c1-35(28-14-6-2-7-15-28,37-30-16-8-3-9-17-30)34(26-33(38)27-22-24-29(36)25-23-27)40(39,31-18-10-4-11-19-31)32-20-12-5-13-21-32/h2-26,37H,1H3/b34-26-. The summed E-state index contributed by atoms with van der Waals surface area (Å²) < 4.78 is 15.9. The van der Waals surface area contributed by atoms with E-state index in [0.29, 0.717) is 26.5 Å². The molecule has 3 nitrogen and oxygen atoms in total. The maximum Gasteiger partial charge on any atom is 0.186 e. The first-order valence-electron chi connectivity index (χ1n) is 13.0. The Hall–Kier alpha value is -4.17. The highest BCUT2D eigenvalue weighted by molar-refractivity contribution is 7.82. The van der Waals surface area contributed by atoms with Crippen LogP contribution in [0.2, 0.25) is 5.02 Å². The quantitative estimate of drug-likeness (QED) is 0.112. The lowest BCUT2D eigenvalue weighted by Crippen LogP contribution is -2.38. The number of hydrogen-bond donors (Lipinski definition) is 1. The number of halogens is 1. The molecular formula is C35H29ClNO2P. The number of para-hydroxylation sites is 1. The Labute approximate surface area is 240 Å². The van der Waals surface area contributed by atoms with Crippen LogP contribution in [-0.4, -0.2) is 5.78 Å². The maximum absolute atomic E-state index is 15.9. The molecule has 0 aromatic heterocycles. The Kier molecular flexibility index (Phi) is 8.16. The largest absolute Gasteiger partial charge is 0.372 e. The van der Waals surface area contributed by atoms with E-state index in [-0.39, 0.29) is 5.78 Å². The fraction of sp³-hybridized carbons (Fsp3) is 0.0571. The van der Waals surface area contributed by atoms with Gasteiger partial charge in [0.1, 0.15) is 0 Å². The minimum atomic E-state index is -3.59. The number of benzene rings is 5. The number of hydrogen-bond acceptors (Lipinski definition) is 3. The lowest BCUT2D eigenvalue weighted by molar-refractivity contribution is 0.104. The van der Waals surface area contributed by atoms with Crippen molar-refractivity contribution in [1.29, 1.82) is 0 Å². The van der Waals surface area contributed by atoms with Crippen molar-refractivity contribution in [2.24, 2.45) is 0 Å². The smallest absolute Gasteiger partial charge is 0.186 e. The van der Waals surface area contributed by atoms with Crippen LogP contribution in [0, 0.1) is 0 Å². The molecule has 1 unspecified atom stereocenters. The van der Waals surface area contributed by atoms with Gasteiger partial charge in [-0.25, -0.2) is 0 Å². The fourth-order valence-electron chi connectivity index (χ4n) is 4.94. The number of carbonyl (C=O) groups excluding carboxylic acids is 1. The molecule has 5 aromatic rings. The monoisotopic (exact) mass is 561 g/mol. The van der Waals surface area contributed by atoms with Gasteiger partial charge in [0.2, 0.25) is 0 Å². The van der Waals surface area contributed by atoms with Gasteiger partial charge in [-0.15, -0.1) is 0 Å². The van der Waals surface area contributed by atoms with Gasteiger partial charge < -0.3 is 9.88 Å². The van der Waals surface area contributed by atoms with Crippen molar-refractivity contribution in [2.75, 3.05) is 5.32 Å². The van der Waals surface area contributed by atoms with Gasteiger partial charge in [-0.2, -0.15) is 0 Å². The fourth-order valence-corrected chi connectivity index (χ4v) is 8.22. The average molecular weight is 562 g/mol. The van der Waals surface area contributed by atoms with Crippen molar-refractivity contribution >= 4 is 40.8 Å². The number of carbonyl (C=O) groups is 1. The van der Waals surface area contributed by atoms with E-state index < -0.39 is 12.7 Å². The van der Waals surface area contributed by atoms with Gasteiger partial charge in [0, 0.05) is 32.2 Å². The Morgan fingerprint density at radius 3 is 1.62 bits per heavy atom. The summed E-state index contributed by atoms with van der Waals surface area (Å²) >= 11 is 6.12. The predicted molar refractivity (Wildman–Crippen MR) is 167 cm³/mol. The zero-order valence-electron chi connectivity index (χ0n) is 22.1. The van der Waals surface area contributed by atoms with Crippen LogP contribution in [0.1, 0.15) is 22.8 Å². The van der Waals surface area contributed by atoms with Gasteiger partial charge in [-0.05, 0) is 55.0 Å². The lowest BCUT2D eigenvalue weighted by atomic mass is 9.89. The molecule has 1 N–H and O–H groups in total. The molecule has 0 aliphatic heterocycles. The molecule has 5 rings (SSSR count). The van der Waals surface area contributed by atoms with E-state index in [0.717, 1.165) is 11.3 Å². The molecule has 1 atom stereocenters. The van der Waals surface area contributed by atoms with Gasteiger partial charge in [0.15, 0.2) is 12.9 Å². The first kappa shape index (κ1) is 27.4. The zero-order valence-corrected chi connectivity index (χ0v) is 23.7. The highest BCUT2D eigenvalue weighted by Gasteiger charge is 2.44. The molecular weight excluding hydrogens is 533 g/mol. The molecule has 0 radical (unpaired) electrons. The molecule has 0 saturated carbocycles. The topological polar surface area (TPSA) is 46.2 Å². The number of rotatable bonds is 9. The van der Waals surface area contributed by atoms with Crippen molar-refractivity contribution in [2.45, 2.75) is 12.5 Å². The third kappa shape index (κ3) is 5.58. The first-order chi connectivity index (χ1) is 19.4. The second-order valence-electron chi connectivity index (χ2n) is 9.66. The molecule has 0 bridgehead atoms. The van der Waals surface area contributed by atoms with Gasteiger partial charge >= 0.3 is 0 Å². The SMILES string of the molecule is CC(Nc1ccccc1)(/C(=C/C(=O)c1ccc(Cl)cc1)P(=O)(c1ccccc1)c1ccccc1)c1ccccc1. The van der Waals surface area contributed by atoms with Gasteiger partial charge in [-0.3, -0.25) is 4.79 Å². The Balaban J connectivity index is 1.84. The van der Waals surface area contributed by atoms with Gasteiger partial charge in [0.25, 0.3) is 0 Å². The molecule has 0 amide bonds. The summed E-state index contributed by atoms with van der Waals surface area (Å²) in [6.07, 6.45) is 1.56. The van der Waals surface area contributed by atoms with Crippen molar-refractivity contribution in [3.63, 3.8) is 0 Å². The Bertz CT molecular complexity index is 1610. The van der Waals surface area contributed by atoms with Crippen molar-refractivity contribution < 1.29 is 9.36 Å². The zero-order chi connectivity index (χ0) is 28.0. The van der Waals surface area contributed by atoms with Crippen LogP contribution in [0.25, 0.3) is 0 Å². The number of ketones is 1. The third-order valence-corrected chi connectivity index (χ3v) is 10.6. The summed E-state index contributed by atoms with van der Waals surface area (Å²) in [4.78, 5) is 13.9. The molecule has 0 spiro atoms. The minimum Gasteiger partial charge on any atom is -0.372 e. The molecule has 5 aromatic carbocycles. The van der Waals surface area contributed by atoms with Gasteiger partial charge in [0.05, 0.1) is 5.54 Å². The van der Waals surface area contributed by atoms with Crippen LogP contribution >= 0.6 is 18.7 Å². The average Bonchev–Trinajstić information content (AvgIpc) is 3.01. The molecule has 0 aliphatic carbocycles.